The third kappa shape index (κ3) is 5.55. The van der Waals surface area contributed by atoms with Crippen molar-refractivity contribution in [3.8, 4) is 0 Å². The molecule has 0 aliphatic rings. The van der Waals surface area contributed by atoms with Gasteiger partial charge in [-0.3, -0.25) is 4.79 Å². The zero-order chi connectivity index (χ0) is 10.1. The van der Waals surface area contributed by atoms with E-state index < -0.39 is 0 Å². The molecule has 0 spiro atoms. The maximum atomic E-state index is 11.0. The van der Waals surface area contributed by atoms with Gasteiger partial charge in [-0.25, -0.2) is 18.2 Å². The summed E-state index contributed by atoms with van der Waals surface area (Å²) >= 11 is 1.45. The van der Waals surface area contributed by atoms with Crippen molar-refractivity contribution in [3.63, 3.8) is 0 Å². The Morgan fingerprint density at radius 3 is 3.00 bits per heavy atom. The highest BCUT2D eigenvalue weighted by Crippen LogP contribution is 2.00. The van der Waals surface area contributed by atoms with Crippen LogP contribution in [0.4, 0.5) is 0 Å². The quantitative estimate of drug-likeness (QED) is 0.282. The molecule has 71 valence electrons. The number of likely N-dealkylation sites (N-methyl/N-ethyl adjacent to an activating group) is 1. The smallest absolute Gasteiger partial charge is 0.315 e. The van der Waals surface area contributed by atoms with E-state index in [1.54, 1.807) is 13.6 Å². The molecule has 0 rings (SSSR count). The van der Waals surface area contributed by atoms with Crippen LogP contribution < -0.4 is 5.32 Å². The molecule has 0 heterocycles. The molecule has 0 saturated heterocycles. The van der Waals surface area contributed by atoms with Crippen molar-refractivity contribution in [2.24, 2.45) is 0 Å². The summed E-state index contributed by atoms with van der Waals surface area (Å²) in [6.07, 6.45) is 0. The number of hydrogen-bond acceptors (Lipinski definition) is 4. The highest BCUT2D eigenvalue weighted by atomic mass is 32.2. The first kappa shape index (κ1) is 12.3. The maximum Gasteiger partial charge on any atom is 0.315 e. The summed E-state index contributed by atoms with van der Waals surface area (Å²) < 4.78 is 4.55. The predicted molar refractivity (Wildman–Crippen MR) is 54.5 cm³/mol. The van der Waals surface area contributed by atoms with E-state index in [9.17, 15) is 4.79 Å². The van der Waals surface area contributed by atoms with Gasteiger partial charge >= 0.3 is 5.97 Å². The fourth-order valence-electron chi connectivity index (χ4n) is 0.631. The van der Waals surface area contributed by atoms with E-state index in [4.69, 9.17) is 6.57 Å². The third-order valence-electron chi connectivity index (χ3n) is 1.32. The van der Waals surface area contributed by atoms with Gasteiger partial charge in [0.25, 0.3) is 0 Å². The summed E-state index contributed by atoms with van der Waals surface area (Å²) in [6.45, 7) is 8.76. The number of carbonyl (C=O) groups excluding carboxylic acids is 1. The summed E-state index contributed by atoms with van der Waals surface area (Å²) in [5.74, 6) is 0.0112. The summed E-state index contributed by atoms with van der Waals surface area (Å²) in [4.78, 5) is 14.2. The molecule has 0 bridgehead atoms. The third-order valence-corrected chi connectivity index (χ3v) is 2.20. The SMILES string of the molecule is [C-]#[N+]CCS[B]C(NC)C(=O)OC. The van der Waals surface area contributed by atoms with Crippen molar-refractivity contribution >= 4 is 24.1 Å². The molecule has 1 radical (unpaired) electrons. The summed E-state index contributed by atoms with van der Waals surface area (Å²) in [7, 11) is 3.04. The lowest BCUT2D eigenvalue weighted by Crippen LogP contribution is -2.39. The van der Waals surface area contributed by atoms with Crippen molar-refractivity contribution in [1.29, 1.82) is 0 Å². The molecule has 0 aliphatic carbocycles. The molecule has 1 atom stereocenters. The van der Waals surface area contributed by atoms with Crippen LogP contribution in [-0.2, 0) is 9.53 Å². The fourth-order valence-corrected chi connectivity index (χ4v) is 1.40. The van der Waals surface area contributed by atoms with Crippen molar-refractivity contribution in [2.75, 3.05) is 26.5 Å². The van der Waals surface area contributed by atoms with Gasteiger partial charge in [0, 0.05) is 0 Å². The molecule has 0 saturated carbocycles. The van der Waals surface area contributed by atoms with Gasteiger partial charge in [-0.15, -0.1) is 0 Å². The van der Waals surface area contributed by atoms with Crippen LogP contribution in [0.25, 0.3) is 4.85 Å². The number of nitrogens with zero attached hydrogens (tertiary/aromatic N) is 1. The number of rotatable bonds is 6. The first-order valence-corrected chi connectivity index (χ1v) is 4.84. The standard InChI is InChI=1S/C7H12BN2O2S/c1-9-4-5-13-8-6(10-2)7(11)12-3/h6,10H,4-5H2,2-3H3. The normalized spacial score (nSPS) is 11.5. The Balaban J connectivity index is 3.61. The predicted octanol–water partition coefficient (Wildman–Crippen LogP) is -0.0234. The summed E-state index contributed by atoms with van der Waals surface area (Å²) in [5.41, 5.74) is 0. The number of nitrogens with one attached hydrogen (secondary N) is 1. The topological polar surface area (TPSA) is 42.7 Å². The largest absolute Gasteiger partial charge is 0.468 e. The van der Waals surface area contributed by atoms with Gasteiger partial charge in [-0.2, -0.15) is 0 Å². The summed E-state index contributed by atoms with van der Waals surface area (Å²) in [6, 6.07) is 0. The van der Waals surface area contributed by atoms with Gasteiger partial charge in [-0.05, 0) is 7.05 Å². The minimum atomic E-state index is -0.388. The van der Waals surface area contributed by atoms with Gasteiger partial charge in [0.15, 0.2) is 0 Å². The monoisotopic (exact) mass is 199 g/mol. The number of methoxy groups -OCH3 is 1. The van der Waals surface area contributed by atoms with Gasteiger partial charge in [-0.1, -0.05) is 0 Å². The van der Waals surface area contributed by atoms with Crippen LogP contribution in [0.1, 0.15) is 0 Å². The second kappa shape index (κ2) is 7.96. The van der Waals surface area contributed by atoms with Crippen molar-refractivity contribution in [2.45, 2.75) is 5.94 Å². The van der Waals surface area contributed by atoms with E-state index in [1.165, 1.54) is 18.7 Å². The highest BCUT2D eigenvalue weighted by molar-refractivity contribution is 8.22. The molecule has 0 fully saturated rings. The molecule has 13 heavy (non-hydrogen) atoms. The van der Waals surface area contributed by atoms with Crippen LogP contribution in [0.3, 0.4) is 0 Å². The Hall–Kier alpha value is -0.665. The van der Waals surface area contributed by atoms with Crippen molar-refractivity contribution in [3.05, 3.63) is 11.4 Å². The lowest BCUT2D eigenvalue weighted by Gasteiger charge is -2.10. The molecule has 1 N–H and O–H groups in total. The Kier molecular flexibility index (Phi) is 7.55. The number of esters is 1. The Morgan fingerprint density at radius 2 is 2.54 bits per heavy atom. The molecular formula is C7H12BN2O2S. The van der Waals surface area contributed by atoms with E-state index in [-0.39, 0.29) is 11.9 Å². The molecule has 0 aromatic carbocycles. The molecule has 0 aromatic heterocycles. The second-order valence-corrected chi connectivity index (χ2v) is 3.19. The zero-order valence-electron chi connectivity index (χ0n) is 7.74. The molecule has 0 amide bonds. The van der Waals surface area contributed by atoms with Crippen LogP contribution in [0.15, 0.2) is 0 Å². The minimum absolute atomic E-state index is 0.308. The van der Waals surface area contributed by atoms with Crippen LogP contribution >= 0.6 is 11.6 Å². The molecule has 1 unspecified atom stereocenters. The first-order valence-electron chi connectivity index (χ1n) is 3.79. The van der Waals surface area contributed by atoms with Crippen molar-refractivity contribution < 1.29 is 9.53 Å². The molecular weight excluding hydrogens is 187 g/mol. The molecule has 0 aromatic rings. The maximum absolute atomic E-state index is 11.0. The minimum Gasteiger partial charge on any atom is -0.468 e. The first-order chi connectivity index (χ1) is 6.26. The molecule has 4 nitrogen and oxygen atoms in total. The Labute approximate surface area is 83.4 Å². The Morgan fingerprint density at radius 1 is 1.85 bits per heavy atom. The number of carbonyl (C=O) groups is 1. The van der Waals surface area contributed by atoms with Crippen molar-refractivity contribution in [1.82, 2.24) is 5.32 Å². The number of hydrogen-bond donors (Lipinski definition) is 1. The lowest BCUT2D eigenvalue weighted by atomic mass is 9.95. The van der Waals surface area contributed by atoms with E-state index >= 15 is 0 Å². The van der Waals surface area contributed by atoms with Crippen LogP contribution in [-0.4, -0.2) is 44.9 Å². The van der Waals surface area contributed by atoms with Crippen LogP contribution in [0.5, 0.6) is 0 Å². The van der Waals surface area contributed by atoms with Gasteiger partial charge in [0.05, 0.1) is 18.8 Å². The van der Waals surface area contributed by atoms with E-state index in [0.29, 0.717) is 12.3 Å². The van der Waals surface area contributed by atoms with Crippen LogP contribution in [0, 0.1) is 6.57 Å². The molecule has 0 aliphatic heterocycles. The van der Waals surface area contributed by atoms with E-state index in [1.807, 2.05) is 0 Å². The zero-order valence-corrected chi connectivity index (χ0v) is 8.56. The Bertz CT molecular complexity index is 195. The highest BCUT2D eigenvalue weighted by Gasteiger charge is 2.17. The van der Waals surface area contributed by atoms with Gasteiger partial charge < -0.3 is 14.9 Å². The average molecular weight is 199 g/mol. The lowest BCUT2D eigenvalue weighted by molar-refractivity contribution is -0.140. The number of ether oxygens (including phenoxy) is 1. The fraction of sp³-hybridized carbons (Fsp3) is 0.714. The second-order valence-electron chi connectivity index (χ2n) is 2.18. The van der Waals surface area contributed by atoms with Gasteiger partial charge in [0.2, 0.25) is 13.1 Å². The van der Waals surface area contributed by atoms with E-state index in [0.717, 1.165) is 0 Å². The van der Waals surface area contributed by atoms with Gasteiger partial charge in [0.1, 0.15) is 0 Å². The molecule has 6 heteroatoms. The van der Waals surface area contributed by atoms with Crippen LogP contribution in [0.2, 0.25) is 0 Å². The summed E-state index contributed by atoms with van der Waals surface area (Å²) in [5, 5.41) is 2.80. The van der Waals surface area contributed by atoms with E-state index in [2.05, 4.69) is 14.9 Å². The average Bonchev–Trinajstić information content (AvgIpc) is 2.17.